The van der Waals surface area contributed by atoms with E-state index in [9.17, 15) is 13.2 Å². The zero-order valence-corrected chi connectivity index (χ0v) is 11.1. The van der Waals surface area contributed by atoms with Crippen molar-refractivity contribution in [2.75, 3.05) is 33.1 Å². The minimum atomic E-state index is -3.31. The molecular weight excluding hydrogens is 244 g/mol. The molecule has 1 fully saturated rings. The van der Waals surface area contributed by atoms with Gasteiger partial charge in [-0.3, -0.25) is 4.79 Å². The summed E-state index contributed by atoms with van der Waals surface area (Å²) in [4.78, 5) is 11.9. The third-order valence-electron chi connectivity index (χ3n) is 2.79. The van der Waals surface area contributed by atoms with Crippen LogP contribution in [0.15, 0.2) is 0 Å². The van der Waals surface area contributed by atoms with Gasteiger partial charge in [-0.2, -0.15) is 4.31 Å². The highest BCUT2D eigenvalue weighted by atomic mass is 32.2. The molecule has 1 heterocycles. The molecule has 0 aromatic carbocycles. The molecule has 0 unspecified atom stereocenters. The Morgan fingerprint density at radius 3 is 2.76 bits per heavy atom. The van der Waals surface area contributed by atoms with Crippen LogP contribution in [0.4, 0.5) is 0 Å². The first kappa shape index (κ1) is 14.4. The molecule has 6 nitrogen and oxygen atoms in total. The van der Waals surface area contributed by atoms with Crippen LogP contribution in [0, 0.1) is 0 Å². The fourth-order valence-corrected chi connectivity index (χ4v) is 3.08. The van der Waals surface area contributed by atoms with E-state index >= 15 is 0 Å². The summed E-state index contributed by atoms with van der Waals surface area (Å²) in [6.45, 7) is 1.27. The maximum absolute atomic E-state index is 11.9. The lowest BCUT2D eigenvalue weighted by atomic mass is 10.0. The molecule has 0 bridgehead atoms. The molecule has 0 aliphatic carbocycles. The van der Waals surface area contributed by atoms with Crippen molar-refractivity contribution in [1.82, 2.24) is 9.62 Å². The van der Waals surface area contributed by atoms with Crippen LogP contribution in [0.2, 0.25) is 0 Å². The van der Waals surface area contributed by atoms with Crippen molar-refractivity contribution >= 4 is 15.9 Å². The second kappa shape index (κ2) is 6.32. The Balaban J connectivity index is 2.62. The SMILES string of the molecule is COCCNC(=O)[C@H]1CCCCN1S(C)(=O)=O. The van der Waals surface area contributed by atoms with E-state index in [1.165, 1.54) is 4.31 Å². The van der Waals surface area contributed by atoms with Crippen LogP contribution in [0.5, 0.6) is 0 Å². The number of carbonyl (C=O) groups is 1. The average molecular weight is 264 g/mol. The summed E-state index contributed by atoms with van der Waals surface area (Å²) in [7, 11) is -1.76. The molecule has 0 aromatic heterocycles. The molecule has 1 rings (SSSR count). The first-order valence-corrected chi connectivity index (χ1v) is 7.55. The Morgan fingerprint density at radius 2 is 2.18 bits per heavy atom. The largest absolute Gasteiger partial charge is 0.383 e. The van der Waals surface area contributed by atoms with E-state index in [0.717, 1.165) is 19.1 Å². The Labute approximate surface area is 102 Å². The van der Waals surface area contributed by atoms with Gasteiger partial charge in [0.1, 0.15) is 6.04 Å². The van der Waals surface area contributed by atoms with Crippen LogP contribution in [-0.2, 0) is 19.6 Å². The van der Waals surface area contributed by atoms with E-state index in [4.69, 9.17) is 4.74 Å². The van der Waals surface area contributed by atoms with E-state index < -0.39 is 16.1 Å². The van der Waals surface area contributed by atoms with E-state index in [2.05, 4.69) is 5.32 Å². The predicted molar refractivity (Wildman–Crippen MR) is 64.1 cm³/mol. The smallest absolute Gasteiger partial charge is 0.238 e. The second-order valence-electron chi connectivity index (χ2n) is 4.17. The number of methoxy groups -OCH3 is 1. The molecule has 1 saturated heterocycles. The molecule has 1 atom stereocenters. The number of ether oxygens (including phenoxy) is 1. The summed E-state index contributed by atoms with van der Waals surface area (Å²) < 4.78 is 29.2. The van der Waals surface area contributed by atoms with Crippen molar-refractivity contribution in [3.8, 4) is 0 Å². The molecule has 0 spiro atoms. The summed E-state index contributed by atoms with van der Waals surface area (Å²) in [6.07, 6.45) is 3.43. The number of carbonyl (C=O) groups excluding carboxylic acids is 1. The quantitative estimate of drug-likeness (QED) is 0.683. The van der Waals surface area contributed by atoms with Gasteiger partial charge in [0.2, 0.25) is 15.9 Å². The van der Waals surface area contributed by atoms with Crippen molar-refractivity contribution < 1.29 is 17.9 Å². The summed E-state index contributed by atoms with van der Waals surface area (Å²) in [5.74, 6) is -0.229. The second-order valence-corrected chi connectivity index (χ2v) is 6.10. The number of amides is 1. The van der Waals surface area contributed by atoms with Crippen molar-refractivity contribution in [3.05, 3.63) is 0 Å². The summed E-state index contributed by atoms with van der Waals surface area (Å²) in [5.41, 5.74) is 0. The Bertz CT molecular complexity index is 355. The van der Waals surface area contributed by atoms with E-state index in [1.807, 2.05) is 0 Å². The van der Waals surface area contributed by atoms with Crippen LogP contribution in [0.25, 0.3) is 0 Å². The standard InChI is InChI=1S/C10H20N2O4S/c1-16-8-6-11-10(13)9-5-3-4-7-12(9)17(2,14)15/h9H,3-8H2,1-2H3,(H,11,13)/t9-/m1/s1. The van der Waals surface area contributed by atoms with E-state index in [-0.39, 0.29) is 5.91 Å². The third kappa shape index (κ3) is 4.25. The van der Waals surface area contributed by atoms with Gasteiger partial charge < -0.3 is 10.1 Å². The first-order valence-electron chi connectivity index (χ1n) is 5.70. The Hall–Kier alpha value is -0.660. The molecule has 7 heteroatoms. The Morgan fingerprint density at radius 1 is 1.47 bits per heavy atom. The van der Waals surface area contributed by atoms with Gasteiger partial charge in [0, 0.05) is 20.2 Å². The van der Waals surface area contributed by atoms with Crippen LogP contribution in [0.3, 0.4) is 0 Å². The molecule has 0 aromatic rings. The van der Waals surface area contributed by atoms with Gasteiger partial charge in [-0.1, -0.05) is 6.42 Å². The zero-order chi connectivity index (χ0) is 12.9. The molecular formula is C10H20N2O4S. The highest BCUT2D eigenvalue weighted by Gasteiger charge is 2.33. The normalized spacial score (nSPS) is 22.4. The molecule has 1 amide bonds. The maximum Gasteiger partial charge on any atom is 0.238 e. The summed E-state index contributed by atoms with van der Waals surface area (Å²) >= 11 is 0. The number of rotatable bonds is 5. The molecule has 1 N–H and O–H groups in total. The number of nitrogens with zero attached hydrogens (tertiary/aromatic N) is 1. The first-order chi connectivity index (χ1) is 7.96. The monoisotopic (exact) mass is 264 g/mol. The number of hydrogen-bond acceptors (Lipinski definition) is 4. The minimum absolute atomic E-state index is 0.229. The van der Waals surface area contributed by atoms with Gasteiger partial charge in [0.15, 0.2) is 0 Å². The highest BCUT2D eigenvalue weighted by molar-refractivity contribution is 7.88. The Kier molecular flexibility index (Phi) is 5.35. The van der Waals surface area contributed by atoms with Gasteiger partial charge in [-0.15, -0.1) is 0 Å². The van der Waals surface area contributed by atoms with Crippen molar-refractivity contribution in [3.63, 3.8) is 0 Å². The highest BCUT2D eigenvalue weighted by Crippen LogP contribution is 2.19. The molecule has 1 aliphatic rings. The van der Waals surface area contributed by atoms with Gasteiger partial charge >= 0.3 is 0 Å². The molecule has 0 saturated carbocycles. The van der Waals surface area contributed by atoms with E-state index in [1.54, 1.807) is 7.11 Å². The van der Waals surface area contributed by atoms with Crippen molar-refractivity contribution in [1.29, 1.82) is 0 Å². The maximum atomic E-state index is 11.9. The lowest BCUT2D eigenvalue weighted by Crippen LogP contribution is -2.51. The lowest BCUT2D eigenvalue weighted by Gasteiger charge is -2.32. The van der Waals surface area contributed by atoms with Gasteiger partial charge in [0.25, 0.3) is 0 Å². The lowest BCUT2D eigenvalue weighted by molar-refractivity contribution is -0.125. The van der Waals surface area contributed by atoms with Crippen LogP contribution in [0.1, 0.15) is 19.3 Å². The van der Waals surface area contributed by atoms with Crippen molar-refractivity contribution in [2.45, 2.75) is 25.3 Å². The predicted octanol–water partition coefficient (Wildman–Crippen LogP) is -0.437. The number of sulfonamides is 1. The molecule has 0 radical (unpaired) electrons. The summed E-state index contributed by atoms with van der Waals surface area (Å²) in [6, 6.07) is -0.560. The molecule has 100 valence electrons. The van der Waals surface area contributed by atoms with Crippen LogP contribution >= 0.6 is 0 Å². The third-order valence-corrected chi connectivity index (χ3v) is 4.08. The topological polar surface area (TPSA) is 75.7 Å². The van der Waals surface area contributed by atoms with Crippen LogP contribution < -0.4 is 5.32 Å². The molecule has 17 heavy (non-hydrogen) atoms. The summed E-state index contributed by atoms with van der Waals surface area (Å²) in [5, 5.41) is 2.69. The fraction of sp³-hybridized carbons (Fsp3) is 0.900. The zero-order valence-electron chi connectivity index (χ0n) is 10.3. The average Bonchev–Trinajstić information content (AvgIpc) is 2.28. The van der Waals surface area contributed by atoms with Gasteiger partial charge in [-0.25, -0.2) is 8.42 Å². The van der Waals surface area contributed by atoms with E-state index in [0.29, 0.717) is 26.1 Å². The van der Waals surface area contributed by atoms with Gasteiger partial charge in [-0.05, 0) is 12.8 Å². The molecule has 1 aliphatic heterocycles. The number of piperidine rings is 1. The number of hydrogen-bond donors (Lipinski definition) is 1. The number of nitrogens with one attached hydrogen (secondary N) is 1. The van der Waals surface area contributed by atoms with Crippen molar-refractivity contribution in [2.24, 2.45) is 0 Å². The fourth-order valence-electron chi connectivity index (χ4n) is 1.96. The minimum Gasteiger partial charge on any atom is -0.383 e. The van der Waals surface area contributed by atoms with Gasteiger partial charge in [0.05, 0.1) is 12.9 Å². The van der Waals surface area contributed by atoms with Crippen LogP contribution in [-0.4, -0.2) is 57.7 Å².